The van der Waals surface area contributed by atoms with Crippen LogP contribution in [-0.2, 0) is 0 Å². The third-order valence-corrected chi connectivity index (χ3v) is 2.54. The lowest BCUT2D eigenvalue weighted by Crippen LogP contribution is -2.24. The van der Waals surface area contributed by atoms with Gasteiger partial charge in [-0.15, -0.1) is 0 Å². The van der Waals surface area contributed by atoms with Crippen molar-refractivity contribution in [1.82, 2.24) is 15.3 Å². The average Bonchev–Trinajstić information content (AvgIpc) is 2.43. The summed E-state index contributed by atoms with van der Waals surface area (Å²) in [5.74, 6) is 0.244. The van der Waals surface area contributed by atoms with Crippen molar-refractivity contribution in [2.75, 3.05) is 5.32 Å². The lowest BCUT2D eigenvalue weighted by Gasteiger charge is -2.02. The fourth-order valence-corrected chi connectivity index (χ4v) is 1.50. The summed E-state index contributed by atoms with van der Waals surface area (Å²) in [4.78, 5) is 19.4. The number of hydrogen-bond acceptors (Lipinski definition) is 3. The lowest BCUT2D eigenvalue weighted by molar-refractivity contribution is 0.255. The van der Waals surface area contributed by atoms with Gasteiger partial charge in [-0.1, -0.05) is 30.3 Å². The summed E-state index contributed by atoms with van der Waals surface area (Å²) < 4.78 is 0.752. The molecule has 0 unspecified atom stereocenters. The van der Waals surface area contributed by atoms with Gasteiger partial charge in [0.2, 0.25) is 5.95 Å². The third kappa shape index (κ3) is 4.51. The van der Waals surface area contributed by atoms with Gasteiger partial charge < -0.3 is 5.32 Å². The largest absolute Gasteiger partial charge is 0.325 e. The van der Waals surface area contributed by atoms with Gasteiger partial charge in [0, 0.05) is 18.6 Å². The molecule has 0 saturated heterocycles. The fraction of sp³-hybridized carbons (Fsp3) is 0. The summed E-state index contributed by atoms with van der Waals surface area (Å²) in [7, 11) is 0. The highest BCUT2D eigenvalue weighted by molar-refractivity contribution is 9.10. The first-order valence-corrected chi connectivity index (χ1v) is 6.30. The monoisotopic (exact) mass is 318 g/mol. The van der Waals surface area contributed by atoms with Crippen LogP contribution < -0.4 is 10.6 Å². The van der Waals surface area contributed by atoms with Gasteiger partial charge in [0.15, 0.2) is 0 Å². The number of amides is 2. The molecule has 0 aliphatic heterocycles. The minimum Gasteiger partial charge on any atom is -0.314 e. The highest BCUT2D eigenvalue weighted by Crippen LogP contribution is 2.06. The summed E-state index contributed by atoms with van der Waals surface area (Å²) in [5.41, 5.74) is 1.00. The molecule has 19 heavy (non-hydrogen) atoms. The van der Waals surface area contributed by atoms with Gasteiger partial charge in [-0.3, -0.25) is 5.32 Å². The van der Waals surface area contributed by atoms with E-state index in [-0.39, 0.29) is 5.95 Å². The Balaban J connectivity index is 1.85. The highest BCUT2D eigenvalue weighted by atomic mass is 79.9. The summed E-state index contributed by atoms with van der Waals surface area (Å²) >= 11 is 3.21. The highest BCUT2D eigenvalue weighted by Gasteiger charge is 2.00. The molecule has 96 valence electrons. The SMILES string of the molecule is O=C(N/C=C/c1ccccc1)Nc1ncc(Br)cn1. The Hall–Kier alpha value is -2.21. The molecule has 2 amide bonds. The van der Waals surface area contributed by atoms with Gasteiger partial charge >= 0.3 is 6.03 Å². The van der Waals surface area contributed by atoms with Crippen LogP contribution in [0.1, 0.15) is 5.56 Å². The minimum atomic E-state index is -0.394. The molecule has 5 nitrogen and oxygen atoms in total. The molecule has 1 aromatic carbocycles. The first kappa shape index (κ1) is 13.2. The molecule has 2 N–H and O–H groups in total. The number of carbonyl (C=O) groups excluding carboxylic acids is 1. The van der Waals surface area contributed by atoms with Crippen LogP contribution in [0.25, 0.3) is 6.08 Å². The van der Waals surface area contributed by atoms with Crippen molar-refractivity contribution < 1.29 is 4.79 Å². The van der Waals surface area contributed by atoms with Crippen LogP contribution in [-0.4, -0.2) is 16.0 Å². The number of nitrogens with one attached hydrogen (secondary N) is 2. The Morgan fingerprint density at radius 2 is 1.84 bits per heavy atom. The molecular formula is C13H11BrN4O. The molecule has 0 bridgehead atoms. The van der Waals surface area contributed by atoms with E-state index in [1.54, 1.807) is 24.7 Å². The summed E-state index contributed by atoms with van der Waals surface area (Å²) in [6.45, 7) is 0. The zero-order chi connectivity index (χ0) is 13.5. The molecular weight excluding hydrogens is 308 g/mol. The molecule has 1 heterocycles. The number of hydrogen-bond donors (Lipinski definition) is 2. The van der Waals surface area contributed by atoms with E-state index in [1.165, 1.54) is 0 Å². The molecule has 2 aromatic rings. The number of anilines is 1. The van der Waals surface area contributed by atoms with Crippen LogP contribution in [0.4, 0.5) is 10.7 Å². The molecule has 0 aliphatic carbocycles. The quantitative estimate of drug-likeness (QED) is 0.914. The standard InChI is InChI=1S/C13H11BrN4O/c14-11-8-16-12(17-9-11)18-13(19)15-7-6-10-4-2-1-3-5-10/h1-9H,(H2,15,16,17,18,19)/b7-6+. The molecule has 6 heteroatoms. The van der Waals surface area contributed by atoms with Gasteiger partial charge in [-0.25, -0.2) is 14.8 Å². The third-order valence-electron chi connectivity index (χ3n) is 2.14. The van der Waals surface area contributed by atoms with Crippen LogP contribution in [0.3, 0.4) is 0 Å². The lowest BCUT2D eigenvalue weighted by atomic mass is 10.2. The van der Waals surface area contributed by atoms with E-state index >= 15 is 0 Å². The van der Waals surface area contributed by atoms with E-state index in [9.17, 15) is 4.79 Å². The van der Waals surface area contributed by atoms with Crippen LogP contribution in [0.15, 0.2) is 53.4 Å². The first-order valence-electron chi connectivity index (χ1n) is 5.51. The van der Waals surface area contributed by atoms with Crippen molar-refractivity contribution in [2.24, 2.45) is 0 Å². The Morgan fingerprint density at radius 1 is 1.16 bits per heavy atom. The second kappa shape index (κ2) is 6.65. The number of benzene rings is 1. The Morgan fingerprint density at radius 3 is 2.53 bits per heavy atom. The average molecular weight is 319 g/mol. The Bertz CT molecular complexity index is 569. The second-order valence-electron chi connectivity index (χ2n) is 3.57. The zero-order valence-electron chi connectivity index (χ0n) is 9.88. The van der Waals surface area contributed by atoms with E-state index in [1.807, 2.05) is 30.3 Å². The van der Waals surface area contributed by atoms with Crippen molar-refractivity contribution in [1.29, 1.82) is 0 Å². The number of halogens is 1. The fourth-order valence-electron chi connectivity index (χ4n) is 1.29. The molecule has 0 aliphatic rings. The van der Waals surface area contributed by atoms with Crippen molar-refractivity contribution in [3.63, 3.8) is 0 Å². The predicted molar refractivity (Wildman–Crippen MR) is 77.4 cm³/mol. The van der Waals surface area contributed by atoms with Crippen molar-refractivity contribution in [3.05, 3.63) is 59.0 Å². The number of aromatic nitrogens is 2. The smallest absolute Gasteiger partial charge is 0.314 e. The van der Waals surface area contributed by atoms with E-state index in [0.717, 1.165) is 10.0 Å². The van der Waals surface area contributed by atoms with Crippen molar-refractivity contribution >= 4 is 34.0 Å². The summed E-state index contributed by atoms with van der Waals surface area (Å²) in [6, 6.07) is 9.27. The molecule has 0 spiro atoms. The molecule has 0 fully saturated rings. The summed E-state index contributed by atoms with van der Waals surface area (Å²) in [5, 5.41) is 5.08. The van der Waals surface area contributed by atoms with Gasteiger partial charge in [-0.05, 0) is 27.6 Å². The second-order valence-corrected chi connectivity index (χ2v) is 4.48. The molecule has 0 saturated carbocycles. The Labute approximate surface area is 118 Å². The number of urea groups is 1. The van der Waals surface area contributed by atoms with Gasteiger partial charge in [-0.2, -0.15) is 0 Å². The van der Waals surface area contributed by atoms with E-state index in [2.05, 4.69) is 36.5 Å². The molecule has 2 rings (SSSR count). The number of carbonyl (C=O) groups is 1. The van der Waals surface area contributed by atoms with Crippen LogP contribution in [0.2, 0.25) is 0 Å². The van der Waals surface area contributed by atoms with Gasteiger partial charge in [0.1, 0.15) is 0 Å². The predicted octanol–water partition coefficient (Wildman–Crippen LogP) is 3.03. The normalized spacial score (nSPS) is 10.4. The van der Waals surface area contributed by atoms with Crippen molar-refractivity contribution in [3.8, 4) is 0 Å². The van der Waals surface area contributed by atoms with E-state index in [4.69, 9.17) is 0 Å². The summed E-state index contributed by atoms with van der Waals surface area (Å²) in [6.07, 6.45) is 6.47. The molecule has 1 aromatic heterocycles. The van der Waals surface area contributed by atoms with Crippen molar-refractivity contribution in [2.45, 2.75) is 0 Å². The van der Waals surface area contributed by atoms with Crippen LogP contribution in [0.5, 0.6) is 0 Å². The topological polar surface area (TPSA) is 66.9 Å². The van der Waals surface area contributed by atoms with E-state index < -0.39 is 6.03 Å². The van der Waals surface area contributed by atoms with Crippen LogP contribution >= 0.6 is 15.9 Å². The number of nitrogens with zero attached hydrogens (tertiary/aromatic N) is 2. The maximum Gasteiger partial charge on any atom is 0.325 e. The molecule has 0 atom stereocenters. The maximum atomic E-state index is 11.5. The van der Waals surface area contributed by atoms with Gasteiger partial charge in [0.05, 0.1) is 4.47 Å². The first-order chi connectivity index (χ1) is 9.24. The zero-order valence-corrected chi connectivity index (χ0v) is 11.5. The van der Waals surface area contributed by atoms with Crippen LogP contribution in [0, 0.1) is 0 Å². The van der Waals surface area contributed by atoms with E-state index in [0.29, 0.717) is 0 Å². The molecule has 0 radical (unpaired) electrons. The maximum absolute atomic E-state index is 11.5. The van der Waals surface area contributed by atoms with Gasteiger partial charge in [0.25, 0.3) is 0 Å². The number of rotatable bonds is 3. The Kier molecular flexibility index (Phi) is 4.63. The minimum absolute atomic E-state index is 0.244.